The van der Waals surface area contributed by atoms with E-state index < -0.39 is 6.72 Å². The third-order valence-corrected chi connectivity index (χ3v) is 9.21. The number of rotatable bonds is 29. The van der Waals surface area contributed by atoms with Crippen LogP contribution in [-0.2, 0) is 56.1 Å². The van der Waals surface area contributed by atoms with Crippen LogP contribution < -0.4 is 27.5 Å². The number of benzene rings is 2. The molecule has 2 aromatic rings. The van der Waals surface area contributed by atoms with Gasteiger partial charge in [0.2, 0.25) is 11.8 Å². The number of nitrogens with one attached hydrogen (secondary N) is 1. The number of aliphatic hydroxyl groups is 1. The molecule has 2 aromatic carbocycles. The van der Waals surface area contributed by atoms with E-state index in [-0.39, 0.29) is 37.8 Å². The molecule has 2 amide bonds. The summed E-state index contributed by atoms with van der Waals surface area (Å²) >= 11 is 4.43. The van der Waals surface area contributed by atoms with Gasteiger partial charge >= 0.3 is 6.72 Å². The van der Waals surface area contributed by atoms with Crippen LogP contribution in [0.15, 0.2) is 48.5 Å². The van der Waals surface area contributed by atoms with Crippen molar-refractivity contribution < 1.29 is 52.7 Å². The Morgan fingerprint density at radius 1 is 0.763 bits per heavy atom. The zero-order chi connectivity index (χ0) is 43.7. The summed E-state index contributed by atoms with van der Waals surface area (Å²) in [5.74, 6) is 6.24. The van der Waals surface area contributed by atoms with E-state index in [0.717, 1.165) is 37.5 Å². The van der Waals surface area contributed by atoms with Crippen molar-refractivity contribution in [2.24, 2.45) is 17.3 Å². The maximum Gasteiger partial charge on any atom is 0.321 e. The molecule has 10 N–H and O–H groups in total. The Bertz CT molecular complexity index is 1520. The van der Waals surface area contributed by atoms with Gasteiger partial charge in [-0.25, -0.2) is 5.84 Å². The highest BCUT2D eigenvalue weighted by Crippen LogP contribution is 2.37. The van der Waals surface area contributed by atoms with Gasteiger partial charge in [0.25, 0.3) is 0 Å². The van der Waals surface area contributed by atoms with Gasteiger partial charge in [-0.15, -0.1) is 0 Å². The maximum absolute atomic E-state index is 13.7. The molecule has 0 spiro atoms. The number of unbranched alkanes of at least 4 members (excludes halogenated alkanes) is 3. The molecule has 0 aromatic heterocycles. The second-order valence-electron chi connectivity index (χ2n) is 12.5. The van der Waals surface area contributed by atoms with E-state index in [1.54, 1.807) is 9.91 Å². The Morgan fingerprint density at radius 3 is 1.88 bits per heavy atom. The van der Waals surface area contributed by atoms with Crippen molar-refractivity contribution >= 4 is 47.4 Å². The van der Waals surface area contributed by atoms with E-state index in [2.05, 4.69) is 17.1 Å². The molecule has 0 radical (unpaired) electrons. The first-order valence-corrected chi connectivity index (χ1v) is 22.7. The molecule has 0 saturated carbocycles. The van der Waals surface area contributed by atoms with Crippen molar-refractivity contribution in [2.45, 2.75) is 58.9 Å². The Labute approximate surface area is 355 Å². The highest BCUT2D eigenvalue weighted by Gasteiger charge is 2.28. The summed E-state index contributed by atoms with van der Waals surface area (Å²) in [7, 11) is 1.00. The number of para-hydroxylation sites is 1. The standard InChI is InChI=1S/C37H59N6O10PS.C2H6.CH4O/c38-15-19-48-21-23-50-25-27-52-28-26-51-24-22-49-20-17-43(40)37-31-10-4-3-9-30(31)29-42(33-12-6-5-11-32(33)36(37)39)35(45)14-13-34(44)41-16-7-1-2-8-18-53-54(46,47)55;2*1-2/h3-6,9-12H,1-2,7-8,13-29,38-40H2,(H,41,44)(H2,46,47,55);1-2H3;2H,1H3/b37-36-;;. The molecule has 17 nitrogen and oxygen atoms in total. The molecule has 0 unspecified atom stereocenters. The minimum atomic E-state index is -3.61. The van der Waals surface area contributed by atoms with Gasteiger partial charge in [-0.05, 0) is 36.3 Å². The van der Waals surface area contributed by atoms with Gasteiger partial charge in [-0.3, -0.25) is 9.59 Å². The Morgan fingerprint density at radius 2 is 1.29 bits per heavy atom. The summed E-state index contributed by atoms with van der Waals surface area (Å²) in [4.78, 5) is 46.2. The number of hydrogen-bond acceptors (Lipinski definition) is 14. The molecule has 0 aliphatic carbocycles. The number of anilines is 1. The van der Waals surface area contributed by atoms with Crippen LogP contribution in [0, 0.1) is 0 Å². The minimum Gasteiger partial charge on any atom is -0.400 e. The normalized spacial score (nSPS) is 13.5. The number of carbonyl (C=O) groups is 2. The summed E-state index contributed by atoms with van der Waals surface area (Å²) in [6.07, 6.45) is 3.07. The average Bonchev–Trinajstić information content (AvgIpc) is 3.23. The van der Waals surface area contributed by atoms with Crippen molar-refractivity contribution in [1.29, 1.82) is 0 Å². The number of fused-ring (bicyclic) bond motifs is 2. The quantitative estimate of drug-likeness (QED) is 0.0269. The monoisotopic (exact) mass is 872 g/mol. The van der Waals surface area contributed by atoms with E-state index in [1.165, 1.54) is 0 Å². The van der Waals surface area contributed by atoms with Crippen molar-refractivity contribution in [3.05, 3.63) is 65.2 Å². The minimum absolute atomic E-state index is 0.0168. The zero-order valence-corrected chi connectivity index (χ0v) is 36.8. The fourth-order valence-corrected chi connectivity index (χ4v) is 6.25. The molecule has 1 aliphatic heterocycles. The molecule has 0 bridgehead atoms. The van der Waals surface area contributed by atoms with E-state index in [4.69, 9.17) is 60.4 Å². The van der Waals surface area contributed by atoms with Crippen LogP contribution in [0.1, 0.15) is 69.1 Å². The SMILES string of the molecule is CC.CO.NCCOCCOCCOCCOCCOCCN(N)/C1=C(\N)c2ccccc2N(C(=O)CCC(=O)NCCCCCCOP(O)(O)=S)Cc2ccccc21. The van der Waals surface area contributed by atoms with Crippen LogP contribution in [0.25, 0.3) is 11.4 Å². The second-order valence-corrected chi connectivity index (χ2v) is 15.2. The first kappa shape index (κ1) is 53.9. The molecule has 0 fully saturated rings. The van der Waals surface area contributed by atoms with Gasteiger partial charge in [0.05, 0.1) is 103 Å². The second kappa shape index (κ2) is 33.6. The van der Waals surface area contributed by atoms with E-state index >= 15 is 0 Å². The van der Waals surface area contributed by atoms with Gasteiger partial charge < -0.3 is 69.8 Å². The number of nitrogens with two attached hydrogens (primary N) is 3. The van der Waals surface area contributed by atoms with E-state index in [0.29, 0.717) is 115 Å². The van der Waals surface area contributed by atoms with Crippen molar-refractivity contribution in [1.82, 2.24) is 10.3 Å². The van der Waals surface area contributed by atoms with Crippen molar-refractivity contribution in [3.63, 3.8) is 0 Å². The third kappa shape index (κ3) is 22.9. The lowest BCUT2D eigenvalue weighted by molar-refractivity contribution is -0.125. The van der Waals surface area contributed by atoms with Crippen molar-refractivity contribution in [2.75, 3.05) is 104 Å². The lowest BCUT2D eigenvalue weighted by Crippen LogP contribution is -2.38. The van der Waals surface area contributed by atoms with E-state index in [1.807, 2.05) is 62.4 Å². The van der Waals surface area contributed by atoms with Gasteiger partial charge in [-0.1, -0.05) is 69.2 Å². The summed E-state index contributed by atoms with van der Waals surface area (Å²) in [5, 5.41) is 11.5. The Hall–Kier alpha value is -3.07. The molecular formula is C40H69N6O11PS. The summed E-state index contributed by atoms with van der Waals surface area (Å²) < 4.78 is 32.4. The topological polar surface area (TPSA) is 247 Å². The van der Waals surface area contributed by atoms with Gasteiger partial charge in [0.1, 0.15) is 0 Å². The first-order chi connectivity index (χ1) is 28.6. The molecule has 336 valence electrons. The number of aliphatic hydroxyl groups excluding tert-OH is 1. The lowest BCUT2D eigenvalue weighted by atomic mass is 9.95. The summed E-state index contributed by atoms with van der Waals surface area (Å²) in [6, 6.07) is 15.1. The summed E-state index contributed by atoms with van der Waals surface area (Å²) in [5.41, 5.74) is 16.2. The molecule has 3 rings (SSSR count). The highest BCUT2D eigenvalue weighted by molar-refractivity contribution is 8.06. The van der Waals surface area contributed by atoms with Crippen molar-refractivity contribution in [3.8, 4) is 0 Å². The van der Waals surface area contributed by atoms with Crippen LogP contribution in [0.5, 0.6) is 0 Å². The zero-order valence-electron chi connectivity index (χ0n) is 35.1. The molecule has 0 saturated heterocycles. The molecular weight excluding hydrogens is 804 g/mol. The molecule has 19 heteroatoms. The number of hydrazine groups is 1. The summed E-state index contributed by atoms with van der Waals surface area (Å²) in [6.45, 7) is 6.68. The average molecular weight is 873 g/mol. The largest absolute Gasteiger partial charge is 0.400 e. The third-order valence-electron chi connectivity index (χ3n) is 8.37. The number of amides is 2. The number of ether oxygens (including phenoxy) is 5. The van der Waals surface area contributed by atoms with Crippen LogP contribution in [-0.4, -0.2) is 131 Å². The molecule has 0 atom stereocenters. The lowest BCUT2D eigenvalue weighted by Gasteiger charge is -2.33. The van der Waals surface area contributed by atoms with Crippen LogP contribution >= 0.6 is 6.72 Å². The van der Waals surface area contributed by atoms with Crippen LogP contribution in [0.4, 0.5) is 5.69 Å². The fraction of sp³-hybridized carbons (Fsp3) is 0.600. The molecule has 59 heavy (non-hydrogen) atoms. The highest BCUT2D eigenvalue weighted by atomic mass is 32.5. The molecule has 1 heterocycles. The smallest absolute Gasteiger partial charge is 0.321 e. The Kier molecular flexibility index (Phi) is 30.7. The van der Waals surface area contributed by atoms with Gasteiger partial charge in [0, 0.05) is 44.2 Å². The number of nitrogens with zero attached hydrogens (tertiary/aromatic N) is 2. The van der Waals surface area contributed by atoms with Gasteiger partial charge in [-0.2, -0.15) is 0 Å². The Balaban J connectivity index is 0.00000421. The van der Waals surface area contributed by atoms with E-state index in [9.17, 15) is 9.59 Å². The maximum atomic E-state index is 13.7. The predicted octanol–water partition coefficient (Wildman–Crippen LogP) is 2.85. The number of carbonyl (C=O) groups excluding carboxylic acids is 2. The van der Waals surface area contributed by atoms with Crippen LogP contribution in [0.3, 0.4) is 0 Å². The number of hydrogen-bond donors (Lipinski definition) is 7. The molecule has 1 aliphatic rings. The fourth-order valence-electron chi connectivity index (χ4n) is 5.66. The van der Waals surface area contributed by atoms with Crippen LogP contribution in [0.2, 0.25) is 0 Å². The predicted molar refractivity (Wildman–Crippen MR) is 234 cm³/mol. The first-order valence-electron chi connectivity index (χ1n) is 20.1. The van der Waals surface area contributed by atoms with Gasteiger partial charge in [0.15, 0.2) is 0 Å².